The van der Waals surface area contributed by atoms with Gasteiger partial charge in [0.15, 0.2) is 0 Å². The summed E-state index contributed by atoms with van der Waals surface area (Å²) in [6.45, 7) is 12.3. The molecule has 0 aromatic heterocycles. The van der Waals surface area contributed by atoms with E-state index in [0.717, 1.165) is 12.1 Å². The molecule has 3 nitrogen and oxygen atoms in total. The monoisotopic (exact) mass is 253 g/mol. The summed E-state index contributed by atoms with van der Waals surface area (Å²) in [5.74, 6) is 0. The first kappa shape index (κ1) is 14.3. The van der Waals surface area contributed by atoms with Crippen LogP contribution in [0.1, 0.15) is 46.0 Å². The Balaban J connectivity index is 1.73. The normalized spacial score (nSPS) is 28.0. The molecule has 0 aromatic rings. The highest BCUT2D eigenvalue weighted by Crippen LogP contribution is 2.22. The number of nitrogens with one attached hydrogen (secondary N) is 1. The highest BCUT2D eigenvalue weighted by atomic mass is 15.3. The Labute approximate surface area is 113 Å². The predicted molar refractivity (Wildman–Crippen MR) is 78.0 cm³/mol. The molecule has 2 aliphatic heterocycles. The second-order valence-corrected chi connectivity index (χ2v) is 6.07. The summed E-state index contributed by atoms with van der Waals surface area (Å²) in [4.78, 5) is 5.46. The average molecular weight is 253 g/mol. The SMILES string of the molecule is CCCNCCC(C)N1CCCN2CCCC2C1. The molecule has 0 aliphatic carbocycles. The lowest BCUT2D eigenvalue weighted by Crippen LogP contribution is -2.41. The molecule has 0 aromatic carbocycles. The molecule has 2 fully saturated rings. The minimum Gasteiger partial charge on any atom is -0.317 e. The van der Waals surface area contributed by atoms with Crippen LogP contribution in [0, 0.1) is 0 Å². The molecule has 0 saturated carbocycles. The van der Waals surface area contributed by atoms with Gasteiger partial charge in [0.2, 0.25) is 0 Å². The second-order valence-electron chi connectivity index (χ2n) is 6.07. The van der Waals surface area contributed by atoms with Gasteiger partial charge in [0, 0.05) is 18.6 Å². The zero-order chi connectivity index (χ0) is 12.8. The lowest BCUT2D eigenvalue weighted by atomic mass is 10.1. The van der Waals surface area contributed by atoms with Gasteiger partial charge < -0.3 is 5.32 Å². The van der Waals surface area contributed by atoms with Crippen LogP contribution in [0.3, 0.4) is 0 Å². The highest BCUT2D eigenvalue weighted by Gasteiger charge is 2.29. The van der Waals surface area contributed by atoms with Crippen molar-refractivity contribution >= 4 is 0 Å². The maximum atomic E-state index is 3.53. The summed E-state index contributed by atoms with van der Waals surface area (Å²) in [6, 6.07) is 1.61. The molecule has 2 rings (SSSR count). The van der Waals surface area contributed by atoms with Crippen molar-refractivity contribution < 1.29 is 0 Å². The van der Waals surface area contributed by atoms with Gasteiger partial charge in [-0.1, -0.05) is 6.92 Å². The van der Waals surface area contributed by atoms with Gasteiger partial charge in [0.05, 0.1) is 0 Å². The second kappa shape index (κ2) is 7.46. The third-order valence-electron chi connectivity index (χ3n) is 4.62. The van der Waals surface area contributed by atoms with Crippen molar-refractivity contribution in [2.45, 2.75) is 58.0 Å². The van der Waals surface area contributed by atoms with E-state index in [1.54, 1.807) is 0 Å². The van der Waals surface area contributed by atoms with Crippen LogP contribution in [-0.2, 0) is 0 Å². The van der Waals surface area contributed by atoms with Crippen LogP contribution in [0.2, 0.25) is 0 Å². The first-order chi connectivity index (χ1) is 8.81. The van der Waals surface area contributed by atoms with Crippen LogP contribution in [0.4, 0.5) is 0 Å². The van der Waals surface area contributed by atoms with Crippen LogP contribution >= 0.6 is 0 Å². The van der Waals surface area contributed by atoms with Crippen LogP contribution in [0.5, 0.6) is 0 Å². The summed E-state index contributed by atoms with van der Waals surface area (Å²) < 4.78 is 0. The Bertz CT molecular complexity index is 232. The van der Waals surface area contributed by atoms with E-state index in [2.05, 4.69) is 29.0 Å². The molecule has 0 bridgehead atoms. The lowest BCUT2D eigenvalue weighted by molar-refractivity contribution is 0.174. The summed E-state index contributed by atoms with van der Waals surface area (Å²) in [6.07, 6.45) is 6.76. The molecule has 0 spiro atoms. The van der Waals surface area contributed by atoms with Crippen LogP contribution in [0.15, 0.2) is 0 Å². The van der Waals surface area contributed by atoms with Crippen LogP contribution in [-0.4, -0.2) is 61.2 Å². The molecule has 2 aliphatic rings. The molecule has 2 unspecified atom stereocenters. The molecule has 106 valence electrons. The van der Waals surface area contributed by atoms with Crippen molar-refractivity contribution in [3.63, 3.8) is 0 Å². The lowest BCUT2D eigenvalue weighted by Gasteiger charge is -2.30. The van der Waals surface area contributed by atoms with E-state index in [9.17, 15) is 0 Å². The summed E-state index contributed by atoms with van der Waals surface area (Å²) in [5.41, 5.74) is 0. The molecule has 0 amide bonds. The Kier molecular flexibility index (Phi) is 5.93. The third kappa shape index (κ3) is 3.94. The van der Waals surface area contributed by atoms with Crippen molar-refractivity contribution in [1.29, 1.82) is 0 Å². The van der Waals surface area contributed by atoms with Gasteiger partial charge >= 0.3 is 0 Å². The molecule has 3 heteroatoms. The first-order valence-electron chi connectivity index (χ1n) is 8.00. The Hall–Kier alpha value is -0.120. The third-order valence-corrected chi connectivity index (χ3v) is 4.62. The quantitative estimate of drug-likeness (QED) is 0.730. The van der Waals surface area contributed by atoms with Crippen LogP contribution in [0.25, 0.3) is 0 Å². The van der Waals surface area contributed by atoms with E-state index in [4.69, 9.17) is 0 Å². The first-order valence-corrected chi connectivity index (χ1v) is 8.00. The molecule has 2 saturated heterocycles. The van der Waals surface area contributed by atoms with E-state index in [0.29, 0.717) is 0 Å². The van der Waals surface area contributed by atoms with Crippen molar-refractivity contribution in [3.05, 3.63) is 0 Å². The van der Waals surface area contributed by atoms with Gasteiger partial charge in [-0.3, -0.25) is 9.80 Å². The summed E-state index contributed by atoms with van der Waals surface area (Å²) >= 11 is 0. The fourth-order valence-corrected chi connectivity index (χ4v) is 3.43. The number of hydrogen-bond donors (Lipinski definition) is 1. The van der Waals surface area contributed by atoms with E-state index in [1.165, 1.54) is 71.4 Å². The maximum absolute atomic E-state index is 3.53. The van der Waals surface area contributed by atoms with Crippen molar-refractivity contribution in [3.8, 4) is 0 Å². The van der Waals surface area contributed by atoms with Gasteiger partial charge in [-0.05, 0) is 71.8 Å². The van der Waals surface area contributed by atoms with E-state index < -0.39 is 0 Å². The summed E-state index contributed by atoms with van der Waals surface area (Å²) in [7, 11) is 0. The zero-order valence-electron chi connectivity index (χ0n) is 12.3. The van der Waals surface area contributed by atoms with Gasteiger partial charge in [-0.25, -0.2) is 0 Å². The highest BCUT2D eigenvalue weighted by molar-refractivity contribution is 4.86. The molecular formula is C15H31N3. The average Bonchev–Trinajstić information content (AvgIpc) is 2.71. The minimum absolute atomic E-state index is 0.745. The van der Waals surface area contributed by atoms with Crippen molar-refractivity contribution in [1.82, 2.24) is 15.1 Å². The van der Waals surface area contributed by atoms with E-state index in [1.807, 2.05) is 0 Å². The van der Waals surface area contributed by atoms with E-state index >= 15 is 0 Å². The van der Waals surface area contributed by atoms with Gasteiger partial charge in [-0.15, -0.1) is 0 Å². The van der Waals surface area contributed by atoms with Crippen molar-refractivity contribution in [2.75, 3.05) is 39.3 Å². The molecule has 1 N–H and O–H groups in total. The Morgan fingerprint density at radius 1 is 1.17 bits per heavy atom. The standard InChI is InChI=1S/C15H31N3/c1-3-8-16-9-7-14(2)18-12-5-11-17-10-4-6-15(17)13-18/h14-16H,3-13H2,1-2H3. The van der Waals surface area contributed by atoms with Gasteiger partial charge in [0.25, 0.3) is 0 Å². The number of fused-ring (bicyclic) bond motifs is 1. The maximum Gasteiger partial charge on any atom is 0.0223 e. The number of rotatable bonds is 6. The Morgan fingerprint density at radius 3 is 2.83 bits per heavy atom. The number of nitrogens with zero attached hydrogens (tertiary/aromatic N) is 2. The topological polar surface area (TPSA) is 18.5 Å². The number of hydrogen-bond acceptors (Lipinski definition) is 3. The van der Waals surface area contributed by atoms with Gasteiger partial charge in [-0.2, -0.15) is 0 Å². The molecule has 0 radical (unpaired) electrons. The Morgan fingerprint density at radius 2 is 2.00 bits per heavy atom. The predicted octanol–water partition coefficient (Wildman–Crippen LogP) is 1.93. The fourth-order valence-electron chi connectivity index (χ4n) is 3.43. The smallest absolute Gasteiger partial charge is 0.0223 e. The molecular weight excluding hydrogens is 222 g/mol. The van der Waals surface area contributed by atoms with E-state index in [-0.39, 0.29) is 0 Å². The zero-order valence-corrected chi connectivity index (χ0v) is 12.3. The van der Waals surface area contributed by atoms with Gasteiger partial charge in [0.1, 0.15) is 0 Å². The molecule has 18 heavy (non-hydrogen) atoms. The fraction of sp³-hybridized carbons (Fsp3) is 1.00. The van der Waals surface area contributed by atoms with Crippen LogP contribution < -0.4 is 5.32 Å². The summed E-state index contributed by atoms with van der Waals surface area (Å²) in [5, 5.41) is 3.53. The van der Waals surface area contributed by atoms with Crippen molar-refractivity contribution in [2.24, 2.45) is 0 Å². The minimum atomic E-state index is 0.745. The molecule has 2 atom stereocenters. The molecule has 2 heterocycles. The largest absolute Gasteiger partial charge is 0.317 e.